The highest BCUT2D eigenvalue weighted by Crippen LogP contribution is 2.42. The maximum atomic E-state index is 13.3. The average Bonchev–Trinajstić information content (AvgIpc) is 3.45. The lowest BCUT2D eigenvalue weighted by Gasteiger charge is -2.28. The quantitative estimate of drug-likeness (QED) is 0.400. The van der Waals surface area contributed by atoms with E-state index in [-0.39, 0.29) is 22.9 Å². The van der Waals surface area contributed by atoms with Gasteiger partial charge in [-0.3, -0.25) is 9.59 Å². The van der Waals surface area contributed by atoms with Gasteiger partial charge in [0.1, 0.15) is 19.0 Å². The van der Waals surface area contributed by atoms with E-state index in [1.807, 2.05) is 24.3 Å². The Labute approximate surface area is 205 Å². The summed E-state index contributed by atoms with van der Waals surface area (Å²) in [5, 5.41) is 11.4. The lowest BCUT2D eigenvalue weighted by molar-refractivity contribution is -0.140. The van der Waals surface area contributed by atoms with E-state index in [0.717, 1.165) is 24.0 Å². The molecule has 0 saturated carbocycles. The Morgan fingerprint density at radius 1 is 1.00 bits per heavy atom. The first-order valence-corrected chi connectivity index (χ1v) is 12.1. The van der Waals surface area contributed by atoms with E-state index in [4.69, 9.17) is 14.2 Å². The van der Waals surface area contributed by atoms with Crippen LogP contribution in [0.3, 0.4) is 0 Å². The Morgan fingerprint density at radius 2 is 1.71 bits per heavy atom. The summed E-state index contributed by atoms with van der Waals surface area (Å²) in [6, 6.07) is 12.2. The molecular weight excluding hydrogens is 446 g/mol. The van der Waals surface area contributed by atoms with Gasteiger partial charge in [0.25, 0.3) is 11.7 Å². The van der Waals surface area contributed by atoms with Gasteiger partial charge in [-0.25, -0.2) is 0 Å². The lowest BCUT2D eigenvalue weighted by Crippen LogP contribution is -2.36. The Morgan fingerprint density at radius 3 is 2.37 bits per heavy atom. The number of rotatable bonds is 4. The molecule has 7 nitrogen and oxygen atoms in total. The van der Waals surface area contributed by atoms with Crippen molar-refractivity contribution in [1.82, 2.24) is 4.90 Å². The molecule has 0 radical (unpaired) electrons. The SMILES string of the molecule is CC(C)(C)c1ccc(C2C(=C(O)c3ccc4c(c3)OCCO4)C(=O)C(=O)N2CC2CCCO2)cc1. The molecule has 0 aliphatic carbocycles. The molecule has 0 bridgehead atoms. The predicted molar refractivity (Wildman–Crippen MR) is 131 cm³/mol. The third-order valence-corrected chi connectivity index (χ3v) is 6.87. The van der Waals surface area contributed by atoms with E-state index < -0.39 is 17.7 Å². The first-order chi connectivity index (χ1) is 16.7. The molecule has 5 rings (SSSR count). The summed E-state index contributed by atoms with van der Waals surface area (Å²) in [5.74, 6) is -0.453. The van der Waals surface area contributed by atoms with Gasteiger partial charge in [-0.1, -0.05) is 45.0 Å². The maximum Gasteiger partial charge on any atom is 0.295 e. The summed E-state index contributed by atoms with van der Waals surface area (Å²) in [6.45, 7) is 8.21. The minimum Gasteiger partial charge on any atom is -0.507 e. The highest BCUT2D eigenvalue weighted by Gasteiger charge is 2.47. The minimum absolute atomic E-state index is 0.0385. The second-order valence-electron chi connectivity index (χ2n) is 10.3. The van der Waals surface area contributed by atoms with Gasteiger partial charge < -0.3 is 24.2 Å². The van der Waals surface area contributed by atoms with Crippen LogP contribution in [0.5, 0.6) is 11.5 Å². The smallest absolute Gasteiger partial charge is 0.295 e. The molecule has 7 heteroatoms. The number of Topliss-reactive ketones (excluding diaryl/α,β-unsaturated/α-hetero) is 1. The normalized spacial score (nSPS) is 23.7. The molecule has 3 aliphatic rings. The molecule has 1 N–H and O–H groups in total. The number of hydrogen-bond donors (Lipinski definition) is 1. The number of carbonyl (C=O) groups excluding carboxylic acids is 2. The molecule has 3 aliphatic heterocycles. The van der Waals surface area contributed by atoms with Crippen molar-refractivity contribution in [3.05, 3.63) is 64.7 Å². The van der Waals surface area contributed by atoms with Crippen LogP contribution in [0.2, 0.25) is 0 Å². The number of ketones is 1. The van der Waals surface area contributed by atoms with E-state index in [2.05, 4.69) is 20.8 Å². The summed E-state index contributed by atoms with van der Waals surface area (Å²) in [4.78, 5) is 28.1. The molecule has 0 spiro atoms. The molecule has 184 valence electrons. The summed E-state index contributed by atoms with van der Waals surface area (Å²) in [7, 11) is 0. The number of carbonyl (C=O) groups is 2. The highest BCUT2D eigenvalue weighted by molar-refractivity contribution is 6.46. The fourth-order valence-electron chi connectivity index (χ4n) is 4.93. The monoisotopic (exact) mass is 477 g/mol. The summed E-state index contributed by atoms with van der Waals surface area (Å²) < 4.78 is 17.0. The molecular formula is C28H31NO6. The maximum absolute atomic E-state index is 13.3. The molecule has 1 amide bonds. The van der Waals surface area contributed by atoms with Crippen molar-refractivity contribution in [3.8, 4) is 11.5 Å². The number of benzene rings is 2. The first-order valence-electron chi connectivity index (χ1n) is 12.1. The van der Waals surface area contributed by atoms with Crippen LogP contribution < -0.4 is 9.47 Å². The van der Waals surface area contributed by atoms with Crippen LogP contribution in [-0.2, 0) is 19.7 Å². The number of likely N-dealkylation sites (tertiary alicyclic amines) is 1. The van der Waals surface area contributed by atoms with Gasteiger partial charge in [0.05, 0.1) is 17.7 Å². The zero-order chi connectivity index (χ0) is 24.7. The fraction of sp³-hybridized carbons (Fsp3) is 0.429. The number of ether oxygens (including phenoxy) is 3. The van der Waals surface area contributed by atoms with Crippen molar-refractivity contribution >= 4 is 17.4 Å². The molecule has 2 fully saturated rings. The fourth-order valence-corrected chi connectivity index (χ4v) is 4.93. The zero-order valence-corrected chi connectivity index (χ0v) is 20.4. The topological polar surface area (TPSA) is 85.3 Å². The molecule has 0 aromatic heterocycles. The Balaban J connectivity index is 1.59. The van der Waals surface area contributed by atoms with Gasteiger partial charge in [-0.2, -0.15) is 0 Å². The first kappa shape index (κ1) is 23.4. The Bertz CT molecular complexity index is 1170. The molecule has 35 heavy (non-hydrogen) atoms. The summed E-state index contributed by atoms with van der Waals surface area (Å²) in [6.07, 6.45) is 1.64. The Hall–Kier alpha value is -3.32. The van der Waals surface area contributed by atoms with Crippen molar-refractivity contribution < 1.29 is 28.9 Å². The predicted octanol–water partition coefficient (Wildman–Crippen LogP) is 4.36. The summed E-state index contributed by atoms with van der Waals surface area (Å²) >= 11 is 0. The van der Waals surface area contributed by atoms with Crippen LogP contribution in [0.15, 0.2) is 48.0 Å². The van der Waals surface area contributed by atoms with E-state index in [1.54, 1.807) is 23.1 Å². The van der Waals surface area contributed by atoms with Crippen molar-refractivity contribution in [2.45, 2.75) is 51.2 Å². The van der Waals surface area contributed by atoms with Crippen LogP contribution in [0.4, 0.5) is 0 Å². The van der Waals surface area contributed by atoms with Gasteiger partial charge >= 0.3 is 0 Å². The van der Waals surface area contributed by atoms with Crippen LogP contribution in [0.1, 0.15) is 56.3 Å². The molecule has 2 aromatic carbocycles. The number of fused-ring (bicyclic) bond motifs is 1. The van der Waals surface area contributed by atoms with E-state index in [9.17, 15) is 14.7 Å². The third-order valence-electron chi connectivity index (χ3n) is 6.87. The van der Waals surface area contributed by atoms with Crippen molar-refractivity contribution in [3.63, 3.8) is 0 Å². The second kappa shape index (κ2) is 9.04. The number of aliphatic hydroxyl groups is 1. The van der Waals surface area contributed by atoms with E-state index in [0.29, 0.717) is 43.4 Å². The second-order valence-corrected chi connectivity index (χ2v) is 10.3. The van der Waals surface area contributed by atoms with E-state index in [1.165, 1.54) is 0 Å². The zero-order valence-electron chi connectivity index (χ0n) is 20.4. The van der Waals surface area contributed by atoms with Gasteiger partial charge in [-0.05, 0) is 47.6 Å². The molecule has 2 aromatic rings. The van der Waals surface area contributed by atoms with Crippen LogP contribution in [0.25, 0.3) is 5.76 Å². The highest BCUT2D eigenvalue weighted by atomic mass is 16.6. The van der Waals surface area contributed by atoms with Gasteiger partial charge in [-0.15, -0.1) is 0 Å². The van der Waals surface area contributed by atoms with Crippen molar-refractivity contribution in [2.24, 2.45) is 0 Å². The van der Waals surface area contributed by atoms with Crippen molar-refractivity contribution in [1.29, 1.82) is 0 Å². The number of hydrogen-bond acceptors (Lipinski definition) is 6. The van der Waals surface area contributed by atoms with Crippen LogP contribution >= 0.6 is 0 Å². The number of nitrogens with zero attached hydrogens (tertiary/aromatic N) is 1. The number of aliphatic hydroxyl groups excluding tert-OH is 1. The minimum atomic E-state index is -0.707. The van der Waals surface area contributed by atoms with Gasteiger partial charge in [0.15, 0.2) is 11.5 Å². The Kier molecular flexibility index (Phi) is 6.05. The molecule has 2 unspecified atom stereocenters. The largest absolute Gasteiger partial charge is 0.507 e. The molecule has 2 saturated heterocycles. The van der Waals surface area contributed by atoms with Crippen LogP contribution in [0, 0.1) is 0 Å². The molecule has 2 atom stereocenters. The van der Waals surface area contributed by atoms with E-state index >= 15 is 0 Å². The number of amides is 1. The van der Waals surface area contributed by atoms with Crippen LogP contribution in [-0.4, -0.2) is 54.2 Å². The molecule has 3 heterocycles. The average molecular weight is 478 g/mol. The van der Waals surface area contributed by atoms with Gasteiger partial charge in [0.2, 0.25) is 0 Å². The lowest BCUT2D eigenvalue weighted by atomic mass is 9.85. The standard InChI is InChI=1S/C28H31NO6/c1-28(2,3)19-9-6-17(7-10-19)24-23(26(31)27(32)29(24)16-20-5-4-12-33-20)25(30)18-8-11-21-22(15-18)35-14-13-34-21/h6-11,15,20,24,30H,4-5,12-14,16H2,1-3H3. The third kappa shape index (κ3) is 4.41. The van der Waals surface area contributed by atoms with Crippen molar-refractivity contribution in [2.75, 3.05) is 26.4 Å². The van der Waals surface area contributed by atoms with Gasteiger partial charge in [0, 0.05) is 18.7 Å². The summed E-state index contributed by atoms with van der Waals surface area (Å²) in [5.41, 5.74) is 2.36.